The van der Waals surface area contributed by atoms with Gasteiger partial charge in [0.15, 0.2) is 0 Å². The number of halogens is 1. The molecule has 4 heteroatoms. The van der Waals surface area contributed by atoms with Crippen molar-refractivity contribution in [3.63, 3.8) is 0 Å². The van der Waals surface area contributed by atoms with Crippen molar-refractivity contribution in [3.05, 3.63) is 29.6 Å². The number of hydrogen-bond acceptors (Lipinski definition) is 3. The van der Waals surface area contributed by atoms with Gasteiger partial charge in [-0.3, -0.25) is 4.90 Å². The Morgan fingerprint density at radius 2 is 1.94 bits per heavy atom. The Hall–Kier alpha value is -1.13. The average molecular weight is 250 g/mol. The van der Waals surface area contributed by atoms with Gasteiger partial charge in [-0.25, -0.2) is 4.39 Å². The lowest BCUT2D eigenvalue weighted by atomic mass is 9.98. The molecule has 18 heavy (non-hydrogen) atoms. The van der Waals surface area contributed by atoms with Crippen LogP contribution in [0.2, 0.25) is 0 Å². The summed E-state index contributed by atoms with van der Waals surface area (Å²) < 4.78 is 13.8. The van der Waals surface area contributed by atoms with Crippen LogP contribution in [0.25, 0.3) is 0 Å². The van der Waals surface area contributed by atoms with Crippen molar-refractivity contribution >= 4 is 5.69 Å². The zero-order valence-electron chi connectivity index (χ0n) is 10.3. The van der Waals surface area contributed by atoms with E-state index in [1.54, 1.807) is 12.1 Å². The van der Waals surface area contributed by atoms with Crippen LogP contribution in [0, 0.1) is 5.82 Å². The van der Waals surface area contributed by atoms with E-state index in [0.29, 0.717) is 29.9 Å². The first-order valence-electron chi connectivity index (χ1n) is 6.62. The molecule has 98 valence electrons. The maximum atomic E-state index is 13.8. The number of anilines is 1. The number of aliphatic hydroxyl groups excluding tert-OH is 1. The molecule has 0 aromatic heterocycles. The average Bonchev–Trinajstić information content (AvgIpc) is 2.56. The molecule has 0 spiro atoms. The van der Waals surface area contributed by atoms with E-state index in [0.717, 1.165) is 25.7 Å². The van der Waals surface area contributed by atoms with Gasteiger partial charge in [0.2, 0.25) is 0 Å². The first-order chi connectivity index (χ1) is 8.65. The maximum Gasteiger partial charge on any atom is 0.129 e. The topological polar surface area (TPSA) is 49.5 Å². The summed E-state index contributed by atoms with van der Waals surface area (Å²) in [6.07, 6.45) is 3.65. The number of hydrogen-bond donors (Lipinski definition) is 2. The molecule has 2 aliphatic heterocycles. The van der Waals surface area contributed by atoms with Gasteiger partial charge >= 0.3 is 0 Å². The lowest BCUT2D eigenvalue weighted by molar-refractivity contribution is 0.0306. The van der Waals surface area contributed by atoms with E-state index in [9.17, 15) is 9.50 Å². The summed E-state index contributed by atoms with van der Waals surface area (Å²) in [5.74, 6) is -0.222. The lowest BCUT2D eigenvalue weighted by Gasteiger charge is -2.37. The SMILES string of the molecule is Nc1cccc(F)c1CN1C2CCC1CC(O)C2. The predicted molar refractivity (Wildman–Crippen MR) is 68.4 cm³/mol. The third kappa shape index (κ3) is 1.99. The zero-order valence-corrected chi connectivity index (χ0v) is 10.3. The Morgan fingerprint density at radius 3 is 2.56 bits per heavy atom. The van der Waals surface area contributed by atoms with Crippen molar-refractivity contribution < 1.29 is 9.50 Å². The molecule has 2 saturated heterocycles. The van der Waals surface area contributed by atoms with Gasteiger partial charge in [-0.05, 0) is 37.8 Å². The van der Waals surface area contributed by atoms with Crippen molar-refractivity contribution in [2.75, 3.05) is 5.73 Å². The Balaban J connectivity index is 1.81. The summed E-state index contributed by atoms with van der Waals surface area (Å²) in [7, 11) is 0. The molecular formula is C14H19FN2O. The number of fused-ring (bicyclic) bond motifs is 2. The molecule has 0 saturated carbocycles. The summed E-state index contributed by atoms with van der Waals surface area (Å²) in [6.45, 7) is 0.570. The standard InChI is InChI=1S/C14H19FN2O/c15-13-2-1-3-14(16)12(13)8-17-9-4-5-10(17)7-11(18)6-9/h1-3,9-11,18H,4-8,16H2. The summed E-state index contributed by atoms with van der Waals surface area (Å²) in [5.41, 5.74) is 6.99. The predicted octanol–water partition coefficient (Wildman–Crippen LogP) is 1.90. The smallest absolute Gasteiger partial charge is 0.129 e. The maximum absolute atomic E-state index is 13.8. The number of piperidine rings is 1. The van der Waals surface area contributed by atoms with Crippen LogP contribution < -0.4 is 5.73 Å². The fourth-order valence-electron chi connectivity index (χ4n) is 3.43. The van der Waals surface area contributed by atoms with Gasteiger partial charge < -0.3 is 10.8 Å². The summed E-state index contributed by atoms with van der Waals surface area (Å²) >= 11 is 0. The summed E-state index contributed by atoms with van der Waals surface area (Å²) in [4.78, 5) is 2.32. The Labute approximate surface area is 106 Å². The summed E-state index contributed by atoms with van der Waals surface area (Å²) in [6, 6.07) is 5.63. The molecule has 2 aliphatic rings. The van der Waals surface area contributed by atoms with Gasteiger partial charge in [-0.2, -0.15) is 0 Å². The first kappa shape index (κ1) is 11.9. The van der Waals surface area contributed by atoms with Crippen LogP contribution in [0.3, 0.4) is 0 Å². The number of nitrogen functional groups attached to an aromatic ring is 1. The van der Waals surface area contributed by atoms with Gasteiger partial charge in [-0.1, -0.05) is 6.07 Å². The molecule has 2 bridgehead atoms. The second-order valence-corrected chi connectivity index (χ2v) is 5.49. The highest BCUT2D eigenvalue weighted by Crippen LogP contribution is 2.37. The Bertz CT molecular complexity index is 417. The van der Waals surface area contributed by atoms with E-state index in [1.165, 1.54) is 6.07 Å². The fraction of sp³-hybridized carbons (Fsp3) is 0.571. The van der Waals surface area contributed by atoms with E-state index in [4.69, 9.17) is 5.73 Å². The zero-order chi connectivity index (χ0) is 12.7. The minimum atomic E-state index is -0.222. The molecule has 2 heterocycles. The molecular weight excluding hydrogens is 231 g/mol. The quantitative estimate of drug-likeness (QED) is 0.788. The molecule has 1 aromatic carbocycles. The van der Waals surface area contributed by atoms with Gasteiger partial charge in [0.25, 0.3) is 0 Å². The second-order valence-electron chi connectivity index (χ2n) is 5.49. The van der Waals surface area contributed by atoms with Crippen LogP contribution in [0.15, 0.2) is 18.2 Å². The Morgan fingerprint density at radius 1 is 1.28 bits per heavy atom. The molecule has 3 N–H and O–H groups in total. The number of benzene rings is 1. The van der Waals surface area contributed by atoms with Crippen molar-refractivity contribution in [2.24, 2.45) is 0 Å². The third-order valence-corrected chi connectivity index (χ3v) is 4.36. The van der Waals surface area contributed by atoms with Gasteiger partial charge in [-0.15, -0.1) is 0 Å². The van der Waals surface area contributed by atoms with Crippen molar-refractivity contribution in [1.82, 2.24) is 4.90 Å². The molecule has 3 nitrogen and oxygen atoms in total. The van der Waals surface area contributed by atoms with E-state index >= 15 is 0 Å². The van der Waals surface area contributed by atoms with E-state index in [-0.39, 0.29) is 11.9 Å². The van der Waals surface area contributed by atoms with E-state index in [1.807, 2.05) is 0 Å². The van der Waals surface area contributed by atoms with E-state index < -0.39 is 0 Å². The molecule has 2 atom stereocenters. The monoisotopic (exact) mass is 250 g/mol. The van der Waals surface area contributed by atoms with Crippen LogP contribution in [-0.2, 0) is 6.54 Å². The minimum absolute atomic E-state index is 0.184. The van der Waals surface area contributed by atoms with Gasteiger partial charge in [0, 0.05) is 29.9 Å². The van der Waals surface area contributed by atoms with Crippen LogP contribution in [0.4, 0.5) is 10.1 Å². The minimum Gasteiger partial charge on any atom is -0.398 e. The largest absolute Gasteiger partial charge is 0.398 e. The number of rotatable bonds is 2. The highest BCUT2D eigenvalue weighted by atomic mass is 19.1. The summed E-state index contributed by atoms with van der Waals surface area (Å²) in [5, 5.41) is 9.76. The van der Waals surface area contributed by atoms with Crippen molar-refractivity contribution in [2.45, 2.75) is 50.4 Å². The van der Waals surface area contributed by atoms with Gasteiger partial charge in [0.1, 0.15) is 5.82 Å². The van der Waals surface area contributed by atoms with Crippen LogP contribution in [0.1, 0.15) is 31.2 Å². The number of aliphatic hydroxyl groups is 1. The Kier molecular flexibility index (Phi) is 2.99. The second kappa shape index (κ2) is 4.52. The molecule has 3 rings (SSSR count). The van der Waals surface area contributed by atoms with Gasteiger partial charge in [0.05, 0.1) is 6.10 Å². The highest BCUT2D eigenvalue weighted by Gasteiger charge is 2.40. The van der Waals surface area contributed by atoms with E-state index in [2.05, 4.69) is 4.90 Å². The van der Waals surface area contributed by atoms with Crippen LogP contribution >= 0.6 is 0 Å². The molecule has 2 fully saturated rings. The molecule has 2 unspecified atom stereocenters. The highest BCUT2D eigenvalue weighted by molar-refractivity contribution is 5.47. The third-order valence-electron chi connectivity index (χ3n) is 4.36. The fourth-order valence-corrected chi connectivity index (χ4v) is 3.43. The lowest BCUT2D eigenvalue weighted by Crippen LogP contribution is -2.44. The molecule has 0 radical (unpaired) electrons. The van der Waals surface area contributed by atoms with Crippen molar-refractivity contribution in [1.29, 1.82) is 0 Å². The van der Waals surface area contributed by atoms with Crippen molar-refractivity contribution in [3.8, 4) is 0 Å². The molecule has 0 aliphatic carbocycles. The first-order valence-corrected chi connectivity index (χ1v) is 6.62. The normalized spacial score (nSPS) is 31.8. The molecule has 0 amide bonds. The van der Waals surface area contributed by atoms with Crippen LogP contribution in [-0.4, -0.2) is 28.2 Å². The molecule has 1 aromatic rings. The number of nitrogens with two attached hydrogens (primary N) is 1. The number of nitrogens with zero attached hydrogens (tertiary/aromatic N) is 1. The van der Waals surface area contributed by atoms with Crippen LogP contribution in [0.5, 0.6) is 0 Å².